The van der Waals surface area contributed by atoms with E-state index in [4.69, 9.17) is 0 Å². The summed E-state index contributed by atoms with van der Waals surface area (Å²) >= 11 is 0. The summed E-state index contributed by atoms with van der Waals surface area (Å²) in [6.45, 7) is 0.704. The van der Waals surface area contributed by atoms with Crippen LogP contribution in [0.4, 0.5) is 4.79 Å². The summed E-state index contributed by atoms with van der Waals surface area (Å²) in [5.74, 6) is 0.427. The summed E-state index contributed by atoms with van der Waals surface area (Å²) in [6, 6.07) is 8.65. The van der Waals surface area contributed by atoms with E-state index in [0.29, 0.717) is 12.5 Å². The van der Waals surface area contributed by atoms with Crippen LogP contribution in [0.25, 0.3) is 0 Å². The predicted molar refractivity (Wildman–Crippen MR) is 97.5 cm³/mol. The highest BCUT2D eigenvalue weighted by atomic mass is 16.2. The van der Waals surface area contributed by atoms with Crippen molar-refractivity contribution in [1.82, 2.24) is 20.4 Å². The average Bonchev–Trinajstić information content (AvgIpc) is 3.02. The molecule has 1 heterocycles. The molecule has 0 radical (unpaired) electrons. The van der Waals surface area contributed by atoms with E-state index in [2.05, 4.69) is 40.0 Å². The molecule has 1 aromatic heterocycles. The number of urea groups is 1. The van der Waals surface area contributed by atoms with Crippen molar-refractivity contribution >= 4 is 6.03 Å². The number of hydrogen-bond donors (Lipinski definition) is 2. The Bertz CT molecular complexity index is 767. The number of carbonyl (C=O) groups is 1. The van der Waals surface area contributed by atoms with Crippen molar-refractivity contribution in [3.63, 3.8) is 0 Å². The van der Waals surface area contributed by atoms with Gasteiger partial charge in [-0.05, 0) is 49.7 Å². The van der Waals surface area contributed by atoms with E-state index in [1.807, 2.05) is 17.9 Å². The molecule has 25 heavy (non-hydrogen) atoms. The molecule has 2 N–H and O–H groups in total. The van der Waals surface area contributed by atoms with E-state index in [0.717, 1.165) is 32.1 Å². The van der Waals surface area contributed by atoms with Crippen LogP contribution in [0.1, 0.15) is 60.0 Å². The highest BCUT2D eigenvalue weighted by Crippen LogP contribution is 2.31. The molecule has 2 aromatic rings. The predicted octanol–water partition coefficient (Wildman–Crippen LogP) is 3.22. The van der Waals surface area contributed by atoms with E-state index in [9.17, 15) is 4.79 Å². The molecule has 132 valence electrons. The lowest BCUT2D eigenvalue weighted by Crippen LogP contribution is -2.41. The third-order valence-corrected chi connectivity index (χ3v) is 5.68. The fourth-order valence-corrected chi connectivity index (χ4v) is 4.35. The van der Waals surface area contributed by atoms with Crippen LogP contribution in [-0.4, -0.2) is 22.4 Å². The Hall–Kier alpha value is -2.30. The second-order valence-corrected chi connectivity index (χ2v) is 7.26. The normalized spacial score (nSPS) is 22.0. The molecule has 2 atom stereocenters. The molecule has 2 amide bonds. The van der Waals surface area contributed by atoms with Crippen LogP contribution in [0.2, 0.25) is 0 Å². The maximum atomic E-state index is 12.4. The summed E-state index contributed by atoms with van der Waals surface area (Å²) in [6.07, 6.45) is 8.53. The van der Waals surface area contributed by atoms with Crippen LogP contribution < -0.4 is 10.6 Å². The molecule has 2 aliphatic rings. The zero-order valence-corrected chi connectivity index (χ0v) is 14.8. The number of fused-ring (bicyclic) bond motifs is 2. The Labute approximate surface area is 148 Å². The van der Waals surface area contributed by atoms with Gasteiger partial charge in [0, 0.05) is 30.8 Å². The number of hydrogen-bond acceptors (Lipinski definition) is 2. The van der Waals surface area contributed by atoms with Gasteiger partial charge < -0.3 is 10.6 Å². The lowest BCUT2D eigenvalue weighted by Gasteiger charge is -2.27. The van der Waals surface area contributed by atoms with E-state index < -0.39 is 0 Å². The second-order valence-electron chi connectivity index (χ2n) is 7.26. The molecule has 0 spiro atoms. The number of rotatable bonds is 3. The van der Waals surface area contributed by atoms with Crippen LogP contribution in [0.3, 0.4) is 0 Å². The Kier molecular flexibility index (Phi) is 4.47. The Morgan fingerprint density at radius 1 is 1.20 bits per heavy atom. The molecule has 5 heteroatoms. The van der Waals surface area contributed by atoms with Gasteiger partial charge in [-0.15, -0.1) is 0 Å². The van der Waals surface area contributed by atoms with E-state index in [-0.39, 0.29) is 12.1 Å². The van der Waals surface area contributed by atoms with Gasteiger partial charge in [-0.2, -0.15) is 5.10 Å². The molecule has 0 bridgehead atoms. The highest BCUT2D eigenvalue weighted by molar-refractivity contribution is 5.74. The molecule has 0 saturated heterocycles. The molecule has 0 fully saturated rings. The van der Waals surface area contributed by atoms with Gasteiger partial charge in [-0.3, -0.25) is 4.68 Å². The van der Waals surface area contributed by atoms with Crippen LogP contribution in [-0.2, 0) is 19.9 Å². The van der Waals surface area contributed by atoms with Gasteiger partial charge in [0.15, 0.2) is 0 Å². The van der Waals surface area contributed by atoms with Gasteiger partial charge in [-0.25, -0.2) is 4.79 Å². The molecule has 0 unspecified atom stereocenters. The zero-order chi connectivity index (χ0) is 17.2. The van der Waals surface area contributed by atoms with Crippen molar-refractivity contribution in [3.05, 3.63) is 52.8 Å². The summed E-state index contributed by atoms with van der Waals surface area (Å²) < 4.78 is 1.93. The second kappa shape index (κ2) is 6.90. The minimum atomic E-state index is -0.0650. The zero-order valence-electron chi connectivity index (χ0n) is 14.8. The SMILES string of the molecule is Cn1ncc2c1CCC[C@H]2NC(=O)NC[C@H]1CCCc2ccccc21. The fraction of sp³-hybridized carbons (Fsp3) is 0.500. The average molecular weight is 338 g/mol. The van der Waals surface area contributed by atoms with Gasteiger partial charge in [-0.1, -0.05) is 24.3 Å². The van der Waals surface area contributed by atoms with Gasteiger partial charge >= 0.3 is 6.03 Å². The van der Waals surface area contributed by atoms with Crippen LogP contribution >= 0.6 is 0 Å². The van der Waals surface area contributed by atoms with Gasteiger partial charge in [0.05, 0.1) is 12.2 Å². The largest absolute Gasteiger partial charge is 0.338 e. The number of amides is 2. The first-order valence-corrected chi connectivity index (χ1v) is 9.35. The standard InChI is InChI=1S/C20H26N4O/c1-24-19-11-5-10-18(17(19)13-22-24)23-20(25)21-12-15-8-4-7-14-6-2-3-9-16(14)15/h2-3,6,9,13,15,18H,4-5,7-8,10-12H2,1H3,(H2,21,23,25)/t15-,18-/m1/s1. The number of nitrogens with one attached hydrogen (secondary N) is 2. The van der Waals surface area contributed by atoms with Crippen LogP contribution in [0, 0.1) is 0 Å². The molecule has 5 nitrogen and oxygen atoms in total. The molecular formula is C20H26N4O. The van der Waals surface area contributed by atoms with E-state index in [1.165, 1.54) is 28.8 Å². The summed E-state index contributed by atoms with van der Waals surface area (Å²) in [5, 5.41) is 10.6. The number of carbonyl (C=O) groups excluding carboxylic acids is 1. The Balaban J connectivity index is 1.36. The monoisotopic (exact) mass is 338 g/mol. The quantitative estimate of drug-likeness (QED) is 0.903. The van der Waals surface area contributed by atoms with Crippen molar-refractivity contribution in [2.45, 2.75) is 50.5 Å². The lowest BCUT2D eigenvalue weighted by molar-refractivity contribution is 0.234. The van der Waals surface area contributed by atoms with E-state index in [1.54, 1.807) is 0 Å². The summed E-state index contributed by atoms with van der Waals surface area (Å²) in [4.78, 5) is 12.4. The molecule has 1 aromatic carbocycles. The lowest BCUT2D eigenvalue weighted by atomic mass is 9.83. The van der Waals surface area contributed by atoms with Crippen LogP contribution in [0.15, 0.2) is 30.5 Å². The number of nitrogens with zero attached hydrogens (tertiary/aromatic N) is 2. The number of aryl methyl sites for hydroxylation is 2. The molecule has 0 saturated carbocycles. The first kappa shape index (κ1) is 16.2. The van der Waals surface area contributed by atoms with Gasteiger partial charge in [0.2, 0.25) is 0 Å². The minimum Gasteiger partial charge on any atom is -0.338 e. The first-order chi connectivity index (χ1) is 12.2. The van der Waals surface area contributed by atoms with Gasteiger partial charge in [0.25, 0.3) is 0 Å². The van der Waals surface area contributed by atoms with Crippen molar-refractivity contribution in [1.29, 1.82) is 0 Å². The maximum Gasteiger partial charge on any atom is 0.315 e. The molecule has 0 aliphatic heterocycles. The Morgan fingerprint density at radius 2 is 2.04 bits per heavy atom. The number of aromatic nitrogens is 2. The molecular weight excluding hydrogens is 312 g/mol. The molecule has 4 rings (SSSR count). The number of benzene rings is 1. The third kappa shape index (κ3) is 3.28. The topological polar surface area (TPSA) is 59.0 Å². The van der Waals surface area contributed by atoms with Crippen molar-refractivity contribution < 1.29 is 4.79 Å². The fourth-order valence-electron chi connectivity index (χ4n) is 4.35. The third-order valence-electron chi connectivity index (χ3n) is 5.68. The summed E-state index contributed by atoms with van der Waals surface area (Å²) in [7, 11) is 1.97. The van der Waals surface area contributed by atoms with Crippen LogP contribution in [0.5, 0.6) is 0 Å². The minimum absolute atomic E-state index is 0.0650. The molecule has 2 aliphatic carbocycles. The van der Waals surface area contributed by atoms with Crippen molar-refractivity contribution in [2.24, 2.45) is 7.05 Å². The van der Waals surface area contributed by atoms with Gasteiger partial charge in [0.1, 0.15) is 0 Å². The smallest absolute Gasteiger partial charge is 0.315 e. The van der Waals surface area contributed by atoms with Crippen molar-refractivity contribution in [3.8, 4) is 0 Å². The highest BCUT2D eigenvalue weighted by Gasteiger charge is 2.25. The maximum absolute atomic E-state index is 12.4. The van der Waals surface area contributed by atoms with E-state index >= 15 is 0 Å². The summed E-state index contributed by atoms with van der Waals surface area (Å²) in [5.41, 5.74) is 5.26. The first-order valence-electron chi connectivity index (χ1n) is 9.35. The van der Waals surface area contributed by atoms with Crippen molar-refractivity contribution in [2.75, 3.05) is 6.54 Å². The Morgan fingerprint density at radius 3 is 2.96 bits per heavy atom.